The lowest BCUT2D eigenvalue weighted by Crippen LogP contribution is -1.86. The average Bonchev–Trinajstić information content (AvgIpc) is 2.22. The third-order valence-corrected chi connectivity index (χ3v) is 3.57. The topological polar surface area (TPSA) is 38.7 Å². The van der Waals surface area contributed by atoms with Crippen molar-refractivity contribution in [3.8, 4) is 0 Å². The van der Waals surface area contributed by atoms with Crippen LogP contribution in [-0.4, -0.2) is 15.0 Å². The second kappa shape index (κ2) is 4.92. The first kappa shape index (κ1) is 10.9. The molecule has 2 heterocycles. The van der Waals surface area contributed by atoms with Crippen LogP contribution in [0.2, 0.25) is 5.28 Å². The van der Waals surface area contributed by atoms with E-state index in [1.807, 2.05) is 12.1 Å². The largest absolute Gasteiger partial charge is 0.248 e. The van der Waals surface area contributed by atoms with E-state index >= 15 is 0 Å². The van der Waals surface area contributed by atoms with Gasteiger partial charge < -0.3 is 0 Å². The second-order valence-corrected chi connectivity index (χ2v) is 4.76. The van der Waals surface area contributed by atoms with Gasteiger partial charge in [0, 0.05) is 12.4 Å². The fraction of sp³-hybridized carbons (Fsp3) is 0. The molecule has 3 nitrogen and oxygen atoms in total. The van der Waals surface area contributed by atoms with E-state index in [2.05, 4.69) is 30.9 Å². The van der Waals surface area contributed by atoms with Crippen molar-refractivity contribution in [1.29, 1.82) is 0 Å². The Morgan fingerprint density at radius 3 is 2.80 bits per heavy atom. The highest BCUT2D eigenvalue weighted by atomic mass is 79.9. The highest BCUT2D eigenvalue weighted by Crippen LogP contribution is 2.30. The van der Waals surface area contributed by atoms with Crippen molar-refractivity contribution in [2.75, 3.05) is 0 Å². The number of halogens is 2. The fourth-order valence-corrected chi connectivity index (χ4v) is 2.36. The molecule has 0 N–H and O–H groups in total. The summed E-state index contributed by atoms with van der Waals surface area (Å²) in [6.07, 6.45) is 3.35. The van der Waals surface area contributed by atoms with E-state index in [1.54, 1.807) is 18.5 Å². The molecule has 76 valence electrons. The number of nitrogens with zero attached hydrogens (tertiary/aromatic N) is 3. The molecule has 2 aromatic heterocycles. The van der Waals surface area contributed by atoms with Crippen molar-refractivity contribution in [2.24, 2.45) is 0 Å². The van der Waals surface area contributed by atoms with Crippen LogP contribution in [0.5, 0.6) is 0 Å². The maximum Gasteiger partial charge on any atom is 0.223 e. The minimum absolute atomic E-state index is 0.243. The van der Waals surface area contributed by atoms with Crippen LogP contribution in [0.4, 0.5) is 0 Å². The zero-order chi connectivity index (χ0) is 10.7. The zero-order valence-corrected chi connectivity index (χ0v) is 10.6. The maximum absolute atomic E-state index is 5.68. The molecule has 0 amide bonds. The summed E-state index contributed by atoms with van der Waals surface area (Å²) in [5.74, 6) is 0. The number of hydrogen-bond acceptors (Lipinski definition) is 4. The summed E-state index contributed by atoms with van der Waals surface area (Å²) in [5, 5.41) is 1.87. The van der Waals surface area contributed by atoms with Crippen molar-refractivity contribution in [1.82, 2.24) is 15.0 Å². The van der Waals surface area contributed by atoms with Gasteiger partial charge in [0.15, 0.2) is 0 Å². The quantitative estimate of drug-likeness (QED) is 0.629. The zero-order valence-electron chi connectivity index (χ0n) is 7.39. The number of rotatable bonds is 2. The molecule has 0 unspecified atom stereocenters. The van der Waals surface area contributed by atoms with Crippen molar-refractivity contribution in [2.45, 2.75) is 10.1 Å². The summed E-state index contributed by atoms with van der Waals surface area (Å²) in [6, 6.07) is 5.58. The van der Waals surface area contributed by atoms with Gasteiger partial charge in [-0.15, -0.1) is 0 Å². The van der Waals surface area contributed by atoms with E-state index < -0.39 is 0 Å². The number of aromatic nitrogens is 3. The summed E-state index contributed by atoms with van der Waals surface area (Å²) < 4.78 is 0.935. The second-order valence-electron chi connectivity index (χ2n) is 2.56. The summed E-state index contributed by atoms with van der Waals surface area (Å²) in [6.45, 7) is 0. The predicted octanol–water partition coefficient (Wildman–Crippen LogP) is 3.44. The van der Waals surface area contributed by atoms with Crippen molar-refractivity contribution in [3.63, 3.8) is 0 Å². The van der Waals surface area contributed by atoms with Crippen molar-refractivity contribution < 1.29 is 0 Å². The Kier molecular flexibility index (Phi) is 3.56. The Hall–Kier alpha value is -0.650. The number of hydrogen-bond donors (Lipinski definition) is 0. The van der Waals surface area contributed by atoms with Gasteiger partial charge in [0.2, 0.25) is 5.28 Å². The Labute approximate surface area is 104 Å². The molecule has 0 radical (unpaired) electrons. The van der Waals surface area contributed by atoms with Gasteiger partial charge in [0.25, 0.3) is 0 Å². The lowest BCUT2D eigenvalue weighted by atomic mass is 10.5. The third kappa shape index (κ3) is 2.90. The Morgan fingerprint density at radius 1 is 1.20 bits per heavy atom. The lowest BCUT2D eigenvalue weighted by Gasteiger charge is -2.01. The molecule has 0 aliphatic rings. The van der Waals surface area contributed by atoms with E-state index in [-0.39, 0.29) is 5.28 Å². The lowest BCUT2D eigenvalue weighted by molar-refractivity contribution is 1.03. The van der Waals surface area contributed by atoms with Crippen LogP contribution >= 0.6 is 39.3 Å². The molecule has 15 heavy (non-hydrogen) atoms. The van der Waals surface area contributed by atoms with Crippen molar-refractivity contribution >= 4 is 39.3 Å². The third-order valence-electron chi connectivity index (χ3n) is 1.53. The van der Waals surface area contributed by atoms with Gasteiger partial charge in [0.1, 0.15) is 10.1 Å². The molecule has 0 aliphatic carbocycles. The van der Waals surface area contributed by atoms with Crippen LogP contribution in [-0.2, 0) is 0 Å². The van der Waals surface area contributed by atoms with E-state index in [4.69, 9.17) is 11.6 Å². The minimum atomic E-state index is 0.243. The summed E-state index contributed by atoms with van der Waals surface area (Å²) in [4.78, 5) is 12.1. The Balaban J connectivity index is 2.26. The summed E-state index contributed by atoms with van der Waals surface area (Å²) in [5.41, 5.74) is 0. The van der Waals surface area contributed by atoms with Crippen LogP contribution in [0, 0.1) is 0 Å². The molecule has 0 atom stereocenters. The fourth-order valence-electron chi connectivity index (χ4n) is 0.922. The molecular formula is C9H5BrClN3S. The van der Waals surface area contributed by atoms with Gasteiger partial charge in [-0.1, -0.05) is 0 Å². The minimum Gasteiger partial charge on any atom is -0.248 e. The Morgan fingerprint density at radius 2 is 2.07 bits per heavy atom. The van der Waals surface area contributed by atoms with Crippen LogP contribution in [0.15, 0.2) is 45.1 Å². The SMILES string of the molecule is Clc1nccc(Sc2ncccc2Br)n1. The predicted molar refractivity (Wildman–Crippen MR) is 63.1 cm³/mol. The van der Waals surface area contributed by atoms with Crippen molar-refractivity contribution in [3.05, 3.63) is 40.3 Å². The van der Waals surface area contributed by atoms with Gasteiger partial charge >= 0.3 is 0 Å². The van der Waals surface area contributed by atoms with Crippen LogP contribution in [0.25, 0.3) is 0 Å². The molecule has 2 rings (SSSR count). The van der Waals surface area contributed by atoms with Crippen LogP contribution in [0.1, 0.15) is 0 Å². The molecule has 0 fully saturated rings. The molecule has 0 aliphatic heterocycles. The molecule has 2 aromatic rings. The van der Waals surface area contributed by atoms with Crippen LogP contribution < -0.4 is 0 Å². The molecule has 6 heteroatoms. The van der Waals surface area contributed by atoms with Gasteiger partial charge in [-0.25, -0.2) is 15.0 Å². The van der Waals surface area contributed by atoms with E-state index in [0.717, 1.165) is 14.5 Å². The van der Waals surface area contributed by atoms with Gasteiger partial charge in [-0.3, -0.25) is 0 Å². The number of pyridine rings is 1. The first-order chi connectivity index (χ1) is 7.25. The van der Waals surface area contributed by atoms with E-state index in [0.29, 0.717) is 0 Å². The van der Waals surface area contributed by atoms with E-state index in [1.165, 1.54) is 11.8 Å². The van der Waals surface area contributed by atoms with Gasteiger partial charge in [-0.05, 0) is 57.5 Å². The van der Waals surface area contributed by atoms with Gasteiger partial charge in [-0.2, -0.15) is 0 Å². The van der Waals surface area contributed by atoms with E-state index in [9.17, 15) is 0 Å². The molecule has 0 saturated heterocycles. The van der Waals surface area contributed by atoms with Crippen LogP contribution in [0.3, 0.4) is 0 Å². The summed E-state index contributed by atoms with van der Waals surface area (Å²) >= 11 is 10.5. The molecule has 0 spiro atoms. The highest BCUT2D eigenvalue weighted by Gasteiger charge is 2.04. The molecular weight excluding hydrogens is 298 g/mol. The smallest absolute Gasteiger partial charge is 0.223 e. The molecule has 0 bridgehead atoms. The maximum atomic E-state index is 5.68. The first-order valence-corrected chi connectivity index (χ1v) is 6.01. The highest BCUT2D eigenvalue weighted by molar-refractivity contribution is 9.10. The first-order valence-electron chi connectivity index (χ1n) is 4.02. The molecule has 0 saturated carbocycles. The van der Waals surface area contributed by atoms with Gasteiger partial charge in [0.05, 0.1) is 4.47 Å². The standard InChI is InChI=1S/C9H5BrClN3S/c10-6-2-1-4-12-8(6)15-7-3-5-13-9(11)14-7/h1-5H. The summed E-state index contributed by atoms with van der Waals surface area (Å²) in [7, 11) is 0. The normalized spacial score (nSPS) is 10.3. The monoisotopic (exact) mass is 301 g/mol. The Bertz CT molecular complexity index is 480. The average molecular weight is 303 g/mol. The molecule has 0 aromatic carbocycles.